The quantitative estimate of drug-likeness (QED) is 0.679. The fraction of sp³-hybridized carbons (Fsp3) is 0.0769. The molecule has 0 aliphatic carbocycles. The lowest BCUT2D eigenvalue weighted by Gasteiger charge is -2.02. The molecular formula is C13H11N3OS. The number of benzene rings is 1. The van der Waals surface area contributed by atoms with Crippen molar-refractivity contribution in [2.24, 2.45) is 0 Å². The molecule has 0 bridgehead atoms. The minimum atomic E-state index is -0.205. The van der Waals surface area contributed by atoms with Gasteiger partial charge in [-0.25, -0.2) is 9.66 Å². The summed E-state index contributed by atoms with van der Waals surface area (Å²) in [5, 5.41) is 0.605. The summed E-state index contributed by atoms with van der Waals surface area (Å²) < 4.78 is 1.03. The summed E-state index contributed by atoms with van der Waals surface area (Å²) in [6.07, 6.45) is 1.36. The second kappa shape index (κ2) is 3.96. The highest BCUT2D eigenvalue weighted by molar-refractivity contribution is 7.19. The van der Waals surface area contributed by atoms with E-state index in [9.17, 15) is 4.79 Å². The van der Waals surface area contributed by atoms with Gasteiger partial charge in [-0.1, -0.05) is 30.3 Å². The molecule has 0 spiro atoms. The molecule has 0 fully saturated rings. The van der Waals surface area contributed by atoms with E-state index in [-0.39, 0.29) is 5.56 Å². The average molecular weight is 257 g/mol. The van der Waals surface area contributed by atoms with Crippen molar-refractivity contribution in [1.29, 1.82) is 0 Å². The van der Waals surface area contributed by atoms with E-state index < -0.39 is 0 Å². The van der Waals surface area contributed by atoms with Crippen LogP contribution in [0.4, 0.5) is 0 Å². The minimum absolute atomic E-state index is 0.205. The molecule has 3 aromatic rings. The largest absolute Gasteiger partial charge is 0.335 e. The third-order valence-corrected chi connectivity index (χ3v) is 3.89. The summed E-state index contributed by atoms with van der Waals surface area (Å²) in [7, 11) is 0. The monoisotopic (exact) mass is 257 g/mol. The summed E-state index contributed by atoms with van der Waals surface area (Å²) in [6, 6.07) is 9.83. The van der Waals surface area contributed by atoms with Crippen molar-refractivity contribution in [3.8, 4) is 11.1 Å². The van der Waals surface area contributed by atoms with E-state index in [0.29, 0.717) is 5.39 Å². The zero-order valence-corrected chi connectivity index (χ0v) is 10.6. The Labute approximate surface area is 107 Å². The second-order valence-corrected chi connectivity index (χ2v) is 5.24. The summed E-state index contributed by atoms with van der Waals surface area (Å²) in [5.41, 5.74) is 1.75. The van der Waals surface area contributed by atoms with Crippen LogP contribution in [0.25, 0.3) is 21.3 Å². The number of thiophene rings is 1. The summed E-state index contributed by atoms with van der Waals surface area (Å²) in [5.74, 6) is 5.59. The Bertz CT molecular complexity index is 774. The Morgan fingerprint density at radius 3 is 2.72 bits per heavy atom. The van der Waals surface area contributed by atoms with E-state index in [4.69, 9.17) is 5.84 Å². The van der Waals surface area contributed by atoms with Crippen LogP contribution in [0.3, 0.4) is 0 Å². The van der Waals surface area contributed by atoms with Crippen LogP contribution in [-0.2, 0) is 0 Å². The van der Waals surface area contributed by atoms with Crippen molar-refractivity contribution in [2.45, 2.75) is 6.92 Å². The van der Waals surface area contributed by atoms with Gasteiger partial charge in [0.2, 0.25) is 0 Å². The average Bonchev–Trinajstić information content (AvgIpc) is 2.72. The van der Waals surface area contributed by atoms with Gasteiger partial charge in [-0.3, -0.25) is 4.79 Å². The number of nitrogens with zero attached hydrogens (tertiary/aromatic N) is 2. The van der Waals surface area contributed by atoms with E-state index in [2.05, 4.69) is 4.98 Å². The van der Waals surface area contributed by atoms with Crippen LogP contribution in [0.5, 0.6) is 0 Å². The molecule has 2 heterocycles. The number of hydrogen-bond acceptors (Lipinski definition) is 4. The lowest BCUT2D eigenvalue weighted by atomic mass is 10.0. The van der Waals surface area contributed by atoms with Crippen LogP contribution in [0.1, 0.15) is 4.88 Å². The van der Waals surface area contributed by atoms with Gasteiger partial charge in [0, 0.05) is 10.4 Å². The van der Waals surface area contributed by atoms with Crippen molar-refractivity contribution in [2.75, 3.05) is 5.84 Å². The third kappa shape index (κ3) is 1.52. The maximum Gasteiger partial charge on any atom is 0.281 e. The van der Waals surface area contributed by atoms with Crippen molar-refractivity contribution < 1.29 is 0 Å². The van der Waals surface area contributed by atoms with Crippen LogP contribution in [0, 0.1) is 6.92 Å². The first-order chi connectivity index (χ1) is 8.68. The normalized spacial score (nSPS) is 10.9. The van der Waals surface area contributed by atoms with Gasteiger partial charge < -0.3 is 5.84 Å². The van der Waals surface area contributed by atoms with Crippen LogP contribution in [0.15, 0.2) is 41.5 Å². The highest BCUT2D eigenvalue weighted by Crippen LogP contribution is 2.34. The fourth-order valence-corrected chi connectivity index (χ4v) is 3.07. The van der Waals surface area contributed by atoms with Gasteiger partial charge in [-0.2, -0.15) is 0 Å². The zero-order chi connectivity index (χ0) is 12.7. The molecule has 3 rings (SSSR count). The highest BCUT2D eigenvalue weighted by Gasteiger charge is 2.15. The number of aromatic nitrogens is 2. The van der Waals surface area contributed by atoms with Gasteiger partial charge in [-0.05, 0) is 12.5 Å². The fourth-order valence-electron chi connectivity index (χ4n) is 2.07. The highest BCUT2D eigenvalue weighted by atomic mass is 32.1. The molecule has 2 N–H and O–H groups in total. The molecule has 0 aliphatic heterocycles. The molecule has 0 saturated carbocycles. The second-order valence-electron chi connectivity index (χ2n) is 4.04. The molecule has 1 aromatic carbocycles. The van der Waals surface area contributed by atoms with E-state index in [1.54, 1.807) is 0 Å². The molecule has 0 amide bonds. The van der Waals surface area contributed by atoms with Gasteiger partial charge >= 0.3 is 0 Å². The number of hydrogen-bond donors (Lipinski definition) is 1. The Morgan fingerprint density at radius 2 is 2.00 bits per heavy atom. The molecule has 0 unspecified atom stereocenters. The number of aryl methyl sites for hydroxylation is 1. The molecule has 0 aliphatic rings. The first kappa shape index (κ1) is 11.0. The SMILES string of the molecule is Cc1sc2ncn(N)c(=O)c2c1-c1ccccc1. The Hall–Kier alpha value is -2.14. The van der Waals surface area contributed by atoms with Gasteiger partial charge in [0.15, 0.2) is 0 Å². The standard InChI is InChI=1S/C13H11N3OS/c1-8-10(9-5-3-2-4-6-9)11-12(18-8)15-7-16(14)13(11)17/h2-7H,14H2,1H3. The number of nitrogen functional groups attached to an aromatic ring is 1. The maximum atomic E-state index is 12.1. The Kier molecular flexibility index (Phi) is 2.41. The summed E-state index contributed by atoms with van der Waals surface area (Å²) in [6.45, 7) is 2.00. The molecule has 18 heavy (non-hydrogen) atoms. The van der Waals surface area contributed by atoms with E-state index >= 15 is 0 Å². The van der Waals surface area contributed by atoms with Crippen molar-refractivity contribution >= 4 is 21.6 Å². The number of nitrogens with two attached hydrogens (primary N) is 1. The van der Waals surface area contributed by atoms with Crippen LogP contribution < -0.4 is 11.4 Å². The third-order valence-electron chi connectivity index (χ3n) is 2.88. The number of fused-ring (bicyclic) bond motifs is 1. The first-order valence-electron chi connectivity index (χ1n) is 5.49. The first-order valence-corrected chi connectivity index (χ1v) is 6.31. The van der Waals surface area contributed by atoms with Crippen LogP contribution in [0.2, 0.25) is 0 Å². The molecule has 0 atom stereocenters. The molecule has 90 valence electrons. The minimum Gasteiger partial charge on any atom is -0.335 e. The summed E-state index contributed by atoms with van der Waals surface area (Å²) in [4.78, 5) is 18.2. The molecular weight excluding hydrogens is 246 g/mol. The van der Waals surface area contributed by atoms with E-state index in [1.807, 2.05) is 37.3 Å². The number of rotatable bonds is 1. The molecule has 4 nitrogen and oxygen atoms in total. The van der Waals surface area contributed by atoms with Crippen molar-refractivity contribution in [3.05, 3.63) is 51.9 Å². The van der Waals surface area contributed by atoms with Crippen LogP contribution >= 0.6 is 11.3 Å². The smallest absolute Gasteiger partial charge is 0.281 e. The van der Waals surface area contributed by atoms with E-state index in [1.165, 1.54) is 17.7 Å². The predicted molar refractivity (Wildman–Crippen MR) is 74.2 cm³/mol. The lowest BCUT2D eigenvalue weighted by Crippen LogP contribution is -2.26. The van der Waals surface area contributed by atoms with Gasteiger partial charge in [0.25, 0.3) is 5.56 Å². The summed E-state index contributed by atoms with van der Waals surface area (Å²) >= 11 is 1.52. The van der Waals surface area contributed by atoms with Gasteiger partial charge in [0.1, 0.15) is 11.2 Å². The molecule has 0 saturated heterocycles. The molecule has 5 heteroatoms. The van der Waals surface area contributed by atoms with Crippen molar-refractivity contribution in [3.63, 3.8) is 0 Å². The Balaban J connectivity index is 2.46. The molecule has 0 radical (unpaired) electrons. The lowest BCUT2D eigenvalue weighted by molar-refractivity contribution is 0.916. The predicted octanol–water partition coefficient (Wildman–Crippen LogP) is 2.15. The zero-order valence-electron chi connectivity index (χ0n) is 9.75. The van der Waals surface area contributed by atoms with Crippen molar-refractivity contribution in [1.82, 2.24) is 9.66 Å². The van der Waals surface area contributed by atoms with E-state index in [0.717, 1.165) is 25.5 Å². The van der Waals surface area contributed by atoms with Gasteiger partial charge in [-0.15, -0.1) is 11.3 Å². The van der Waals surface area contributed by atoms with Crippen LogP contribution in [-0.4, -0.2) is 9.66 Å². The van der Waals surface area contributed by atoms with Gasteiger partial charge in [0.05, 0.1) is 5.39 Å². The molecule has 2 aromatic heterocycles. The topological polar surface area (TPSA) is 60.9 Å². The maximum absolute atomic E-state index is 12.1. The Morgan fingerprint density at radius 1 is 1.28 bits per heavy atom.